The summed E-state index contributed by atoms with van der Waals surface area (Å²) >= 11 is 9.11. The van der Waals surface area contributed by atoms with Gasteiger partial charge in [-0.2, -0.15) is 11.8 Å². The second-order valence-electron chi connectivity index (χ2n) is 6.62. The zero-order valence-corrected chi connectivity index (χ0v) is 18.2. The number of thioether (sulfide) groups is 1. The van der Waals surface area contributed by atoms with Crippen molar-refractivity contribution in [2.24, 2.45) is 0 Å². The topological polar surface area (TPSA) is 105 Å². The zero-order valence-electron chi connectivity index (χ0n) is 15.8. The fraction of sp³-hybridized carbons (Fsp3) is 0.211. The second kappa shape index (κ2) is 7.86. The molecule has 0 saturated carbocycles. The summed E-state index contributed by atoms with van der Waals surface area (Å²) in [6.07, 6.45) is 5.39. The number of rotatable bonds is 4. The summed E-state index contributed by atoms with van der Waals surface area (Å²) in [4.78, 5) is 30.8. The molecule has 3 N–H and O–H groups in total. The number of thiophene rings is 1. The Morgan fingerprint density at radius 3 is 2.93 bits per heavy atom. The van der Waals surface area contributed by atoms with Crippen LogP contribution in [0.2, 0.25) is 5.28 Å². The molecule has 0 bridgehead atoms. The summed E-state index contributed by atoms with van der Waals surface area (Å²) in [7, 11) is 0. The van der Waals surface area contributed by atoms with Crippen molar-refractivity contribution in [2.75, 3.05) is 30.0 Å². The number of amides is 1. The first-order valence-electron chi connectivity index (χ1n) is 9.16. The molecular weight excluding hydrogens is 442 g/mol. The lowest BCUT2D eigenvalue weighted by Gasteiger charge is -2.10. The molecule has 0 spiro atoms. The minimum absolute atomic E-state index is 0.0578. The molecule has 0 fully saturated rings. The predicted molar refractivity (Wildman–Crippen MR) is 123 cm³/mol. The molecule has 4 aromatic rings. The van der Waals surface area contributed by atoms with Gasteiger partial charge in [0.2, 0.25) is 5.28 Å². The average molecular weight is 458 g/mol. The summed E-state index contributed by atoms with van der Waals surface area (Å²) in [6.45, 7) is 1.26. The smallest absolute Gasteiger partial charge is 0.263 e. The molecule has 8 nitrogen and oxygen atoms in total. The fourth-order valence-electron chi connectivity index (χ4n) is 3.38. The first kappa shape index (κ1) is 19.3. The second-order valence-corrected chi connectivity index (χ2v) is 8.88. The average Bonchev–Trinajstić information content (AvgIpc) is 3.02. The Labute approximate surface area is 184 Å². The molecule has 1 aliphatic heterocycles. The monoisotopic (exact) mass is 457 g/mol. The highest BCUT2D eigenvalue weighted by Gasteiger charge is 2.23. The molecule has 1 aromatic carbocycles. The number of aromatic nitrogens is 4. The molecule has 1 aliphatic rings. The van der Waals surface area contributed by atoms with E-state index in [9.17, 15) is 4.79 Å². The van der Waals surface area contributed by atoms with Gasteiger partial charge in [-0.3, -0.25) is 4.79 Å². The lowest BCUT2D eigenvalue weighted by atomic mass is 10.1. The minimum Gasteiger partial charge on any atom is -0.381 e. The molecule has 0 aliphatic carbocycles. The number of fused-ring (bicyclic) bond motifs is 5. The molecule has 1 amide bonds. The number of hydrogen-bond donors (Lipinski definition) is 3. The third-order valence-electron chi connectivity index (χ3n) is 4.66. The van der Waals surface area contributed by atoms with Crippen LogP contribution in [0.25, 0.3) is 21.1 Å². The van der Waals surface area contributed by atoms with Crippen molar-refractivity contribution in [1.82, 2.24) is 25.3 Å². The van der Waals surface area contributed by atoms with E-state index in [-0.39, 0.29) is 11.2 Å². The van der Waals surface area contributed by atoms with Crippen LogP contribution >= 0.6 is 34.7 Å². The Morgan fingerprint density at radius 1 is 1.20 bits per heavy atom. The molecule has 0 saturated heterocycles. The van der Waals surface area contributed by atoms with Crippen molar-refractivity contribution in [3.05, 3.63) is 40.3 Å². The highest BCUT2D eigenvalue weighted by molar-refractivity contribution is 7.97. The van der Waals surface area contributed by atoms with Gasteiger partial charge in [0.05, 0.1) is 22.9 Å². The molecule has 11 heteroatoms. The van der Waals surface area contributed by atoms with E-state index in [4.69, 9.17) is 16.6 Å². The molecule has 0 radical (unpaired) electrons. The van der Waals surface area contributed by atoms with E-state index in [2.05, 4.69) is 30.9 Å². The van der Waals surface area contributed by atoms with Crippen LogP contribution < -0.4 is 16.0 Å². The van der Waals surface area contributed by atoms with E-state index in [0.717, 1.165) is 38.1 Å². The van der Waals surface area contributed by atoms with Gasteiger partial charge in [-0.15, -0.1) is 11.3 Å². The lowest BCUT2D eigenvalue weighted by Crippen LogP contribution is -2.24. The molecule has 4 heterocycles. The standard InChI is InChI=1S/C19H16ClN7OS2/c1-29-8-9-6-24-19(20)27-17(9)26-12-7-23-14-10(25-12)2-3-11-13(14)15-16(30-11)18(28)22-5-4-21-15/h2-3,6-7,21H,4-5,8H2,1H3,(H,22,28)(H,24,25,26,27). The van der Waals surface area contributed by atoms with Gasteiger partial charge in [-0.1, -0.05) is 0 Å². The fourth-order valence-corrected chi connectivity index (χ4v) is 5.13. The van der Waals surface area contributed by atoms with Gasteiger partial charge < -0.3 is 16.0 Å². The number of carbonyl (C=O) groups is 1. The van der Waals surface area contributed by atoms with Crippen molar-refractivity contribution in [3.63, 3.8) is 0 Å². The van der Waals surface area contributed by atoms with Gasteiger partial charge in [-0.05, 0) is 30.0 Å². The van der Waals surface area contributed by atoms with Crippen LogP contribution in [0.5, 0.6) is 0 Å². The quantitative estimate of drug-likeness (QED) is 0.394. The number of halogens is 1. The Morgan fingerprint density at radius 2 is 2.07 bits per heavy atom. The number of benzene rings is 1. The molecular formula is C19H16ClN7OS2. The number of nitrogens with one attached hydrogen (secondary N) is 3. The van der Waals surface area contributed by atoms with Crippen molar-refractivity contribution >= 4 is 79.0 Å². The van der Waals surface area contributed by atoms with Gasteiger partial charge in [0, 0.05) is 40.7 Å². The van der Waals surface area contributed by atoms with E-state index in [1.54, 1.807) is 24.2 Å². The maximum Gasteiger partial charge on any atom is 0.263 e. The first-order valence-corrected chi connectivity index (χ1v) is 11.7. The van der Waals surface area contributed by atoms with E-state index in [0.29, 0.717) is 29.6 Å². The van der Waals surface area contributed by atoms with Crippen molar-refractivity contribution < 1.29 is 4.79 Å². The lowest BCUT2D eigenvalue weighted by molar-refractivity contribution is 0.0962. The van der Waals surface area contributed by atoms with Crippen LogP contribution in [0.1, 0.15) is 15.2 Å². The molecule has 0 unspecified atom stereocenters. The van der Waals surface area contributed by atoms with Crippen LogP contribution in [0.3, 0.4) is 0 Å². The third-order valence-corrected chi connectivity index (χ3v) is 6.60. The largest absolute Gasteiger partial charge is 0.381 e. The van der Waals surface area contributed by atoms with E-state index >= 15 is 0 Å². The van der Waals surface area contributed by atoms with Gasteiger partial charge in [0.15, 0.2) is 5.82 Å². The van der Waals surface area contributed by atoms with E-state index < -0.39 is 0 Å². The predicted octanol–water partition coefficient (Wildman–Crippen LogP) is 4.05. The Hall–Kier alpha value is -2.69. The minimum atomic E-state index is -0.0578. The van der Waals surface area contributed by atoms with Crippen LogP contribution in [0.4, 0.5) is 17.3 Å². The zero-order chi connectivity index (χ0) is 20.7. The SMILES string of the molecule is CSCc1cnc(Cl)nc1Nc1cnc2c(ccc3sc4c(c32)NCCNC4=O)n1. The highest BCUT2D eigenvalue weighted by atomic mass is 35.5. The summed E-state index contributed by atoms with van der Waals surface area (Å²) in [6, 6.07) is 3.89. The van der Waals surface area contributed by atoms with Crippen LogP contribution in [-0.4, -0.2) is 45.2 Å². The Bertz CT molecular complexity index is 1290. The first-order chi connectivity index (χ1) is 14.6. The third kappa shape index (κ3) is 3.40. The molecule has 5 rings (SSSR count). The number of carbonyl (C=O) groups excluding carboxylic acids is 1. The van der Waals surface area contributed by atoms with Crippen LogP contribution in [0.15, 0.2) is 24.5 Å². The summed E-state index contributed by atoms with van der Waals surface area (Å²) in [5.74, 6) is 1.86. The maximum atomic E-state index is 12.4. The van der Waals surface area contributed by atoms with Gasteiger partial charge in [0.1, 0.15) is 10.7 Å². The van der Waals surface area contributed by atoms with Gasteiger partial charge >= 0.3 is 0 Å². The molecule has 152 valence electrons. The van der Waals surface area contributed by atoms with Crippen LogP contribution in [0, 0.1) is 0 Å². The highest BCUT2D eigenvalue weighted by Crippen LogP contribution is 2.40. The molecule has 0 atom stereocenters. The van der Waals surface area contributed by atoms with Gasteiger partial charge in [0.25, 0.3) is 5.91 Å². The Kier molecular flexibility index (Phi) is 5.05. The summed E-state index contributed by atoms with van der Waals surface area (Å²) in [5.41, 5.74) is 3.24. The van der Waals surface area contributed by atoms with E-state index in [1.165, 1.54) is 11.3 Å². The summed E-state index contributed by atoms with van der Waals surface area (Å²) < 4.78 is 0.997. The maximum absolute atomic E-state index is 12.4. The number of anilines is 3. The Balaban J connectivity index is 1.59. The number of nitrogens with zero attached hydrogens (tertiary/aromatic N) is 4. The van der Waals surface area contributed by atoms with E-state index in [1.807, 2.05) is 18.4 Å². The molecule has 3 aromatic heterocycles. The molecule has 30 heavy (non-hydrogen) atoms. The number of hydrogen-bond acceptors (Lipinski definition) is 9. The van der Waals surface area contributed by atoms with Crippen LogP contribution in [-0.2, 0) is 5.75 Å². The normalized spacial score (nSPS) is 13.6. The van der Waals surface area contributed by atoms with Crippen molar-refractivity contribution in [1.29, 1.82) is 0 Å². The summed E-state index contributed by atoms with van der Waals surface area (Å²) in [5, 5.41) is 10.6. The van der Waals surface area contributed by atoms with Crippen molar-refractivity contribution in [3.8, 4) is 0 Å². The van der Waals surface area contributed by atoms with Crippen molar-refractivity contribution in [2.45, 2.75) is 5.75 Å². The van der Waals surface area contributed by atoms with Gasteiger partial charge in [-0.25, -0.2) is 19.9 Å².